The summed E-state index contributed by atoms with van der Waals surface area (Å²) in [5.41, 5.74) is 21.8. The number of pyridine rings is 3. The van der Waals surface area contributed by atoms with E-state index >= 15 is 0 Å². The van der Waals surface area contributed by atoms with Gasteiger partial charge in [-0.25, -0.2) is 0 Å². The van der Waals surface area contributed by atoms with Crippen molar-refractivity contribution >= 4 is 0 Å². The standard InChI is InChI=1S/C23H16N.C20H18N.C19H16N.CH3.Ir/c1-3-7-18(8-4-1)20-11-13-21(14-12-20)23-16-15-22(17-24-23)19-9-5-2-6-10-19;1-14-9-10-18(15(2)11-14)19-12-20(21-13-16(19)3)17-7-5-4-6-8-17;1-14-8-11-19(20-13-14)17-10-9-15(2)18(12-17)16-6-4-3-5-7-16;;/h1-13,15-17H;4-7,9-13H,1-3H3;3-9,11-13H,1-2H3;1H3;/q4*-1;. The van der Waals surface area contributed by atoms with Crippen molar-refractivity contribution in [2.45, 2.75) is 34.6 Å². The number of nitrogens with zero attached hydrogens (tertiary/aromatic N) is 3. The summed E-state index contributed by atoms with van der Waals surface area (Å²) in [6.07, 6.45) is 5.76. The van der Waals surface area contributed by atoms with Gasteiger partial charge in [-0.15, -0.1) is 95.1 Å². The molecule has 0 unspecified atom stereocenters. The van der Waals surface area contributed by atoms with Crippen LogP contribution in [0.5, 0.6) is 0 Å². The fourth-order valence-electron chi connectivity index (χ4n) is 7.65. The Balaban J connectivity index is 0.000000164. The fraction of sp³-hybridized carbons (Fsp3) is 0.0794. The number of aryl methyl sites for hydroxylation is 5. The van der Waals surface area contributed by atoms with Gasteiger partial charge in [0.25, 0.3) is 0 Å². The molecule has 67 heavy (non-hydrogen) atoms. The molecule has 10 aromatic rings. The first-order chi connectivity index (χ1) is 31.8. The van der Waals surface area contributed by atoms with Gasteiger partial charge in [0.1, 0.15) is 0 Å². The van der Waals surface area contributed by atoms with E-state index in [1.54, 1.807) is 0 Å². The van der Waals surface area contributed by atoms with Crippen LogP contribution in [0.15, 0.2) is 213 Å². The van der Waals surface area contributed by atoms with Crippen molar-refractivity contribution in [3.63, 3.8) is 0 Å². The first kappa shape index (κ1) is 49.1. The van der Waals surface area contributed by atoms with Crippen LogP contribution in [0, 0.1) is 60.2 Å². The number of aromatic nitrogens is 3. The van der Waals surface area contributed by atoms with E-state index in [2.05, 4.69) is 170 Å². The Bertz CT molecular complexity index is 3000. The molecule has 333 valence electrons. The van der Waals surface area contributed by atoms with E-state index in [1.165, 1.54) is 66.8 Å². The second-order valence-electron chi connectivity index (χ2n) is 16.2. The molecule has 0 aliphatic heterocycles. The third-order valence-corrected chi connectivity index (χ3v) is 11.3. The number of hydrogen-bond donors (Lipinski definition) is 0. The third-order valence-electron chi connectivity index (χ3n) is 11.3. The zero-order valence-electron chi connectivity index (χ0n) is 38.9. The molecule has 0 N–H and O–H groups in total. The van der Waals surface area contributed by atoms with Crippen molar-refractivity contribution in [3.8, 4) is 78.3 Å². The first-order valence-corrected chi connectivity index (χ1v) is 21.9. The van der Waals surface area contributed by atoms with Gasteiger partial charge >= 0.3 is 0 Å². The second-order valence-corrected chi connectivity index (χ2v) is 16.2. The molecule has 0 aliphatic rings. The number of hydrogen-bond acceptors (Lipinski definition) is 3. The van der Waals surface area contributed by atoms with E-state index in [4.69, 9.17) is 0 Å². The Morgan fingerprint density at radius 1 is 0.328 bits per heavy atom. The molecule has 0 bridgehead atoms. The summed E-state index contributed by atoms with van der Waals surface area (Å²) >= 11 is 0. The summed E-state index contributed by atoms with van der Waals surface area (Å²) in [5.74, 6) is 0. The molecule has 0 amide bonds. The van der Waals surface area contributed by atoms with Gasteiger partial charge in [0.2, 0.25) is 0 Å². The van der Waals surface area contributed by atoms with E-state index in [1.807, 2.05) is 110 Å². The average Bonchev–Trinajstić information content (AvgIpc) is 3.36. The van der Waals surface area contributed by atoms with E-state index in [0.717, 1.165) is 39.3 Å². The molecule has 4 heteroatoms. The Kier molecular flexibility index (Phi) is 17.4. The Hall–Kier alpha value is -7.36. The molecular formula is C63H53IrN3-4. The summed E-state index contributed by atoms with van der Waals surface area (Å²) in [5, 5.41) is 0. The van der Waals surface area contributed by atoms with E-state index in [0.29, 0.717) is 0 Å². The molecule has 3 nitrogen and oxygen atoms in total. The molecule has 0 atom stereocenters. The van der Waals surface area contributed by atoms with Gasteiger partial charge in [-0.1, -0.05) is 169 Å². The van der Waals surface area contributed by atoms with E-state index < -0.39 is 0 Å². The van der Waals surface area contributed by atoms with Gasteiger partial charge in [-0.3, -0.25) is 0 Å². The summed E-state index contributed by atoms with van der Waals surface area (Å²) < 4.78 is 0. The molecule has 0 spiro atoms. The average molecular weight is 1040 g/mol. The maximum Gasteiger partial charge on any atom is 0.0239 e. The van der Waals surface area contributed by atoms with Gasteiger partial charge in [0, 0.05) is 38.7 Å². The molecule has 0 saturated heterocycles. The van der Waals surface area contributed by atoms with Crippen LogP contribution in [0.3, 0.4) is 0 Å². The SMILES string of the molecule is Cc1ccc(-c2[c-]cc(C)c(-c3ccccc3)c2)nc1.Cc1ccc(-c2cc(-c3[c-]cccc3)ncc2C)c(C)c1.[CH3-].[Ir].[c-]1cc(-c2ccccc2)ccc1-c1ccc(-c2ccccc2)cn1. The smallest absolute Gasteiger partial charge is 0.0239 e. The van der Waals surface area contributed by atoms with Gasteiger partial charge in [0.15, 0.2) is 0 Å². The quantitative estimate of drug-likeness (QED) is 0.149. The molecule has 0 fully saturated rings. The number of rotatable bonds is 7. The summed E-state index contributed by atoms with van der Waals surface area (Å²) in [6, 6.07) is 76.4. The van der Waals surface area contributed by atoms with E-state index in [9.17, 15) is 0 Å². The second kappa shape index (κ2) is 23.7. The van der Waals surface area contributed by atoms with Crippen molar-refractivity contribution in [2.75, 3.05) is 0 Å². The van der Waals surface area contributed by atoms with Crippen LogP contribution in [-0.4, -0.2) is 15.0 Å². The largest absolute Gasteiger partial charge is 0.358 e. The van der Waals surface area contributed by atoms with Crippen LogP contribution >= 0.6 is 0 Å². The zero-order valence-corrected chi connectivity index (χ0v) is 41.3. The monoisotopic (exact) mass is 1040 g/mol. The van der Waals surface area contributed by atoms with Crippen LogP contribution in [0.1, 0.15) is 27.8 Å². The maximum absolute atomic E-state index is 4.60. The molecule has 7 aromatic carbocycles. The summed E-state index contributed by atoms with van der Waals surface area (Å²) in [6.45, 7) is 10.6. The molecule has 0 aliphatic carbocycles. The van der Waals surface area contributed by atoms with Crippen LogP contribution in [0.4, 0.5) is 0 Å². The van der Waals surface area contributed by atoms with Crippen molar-refractivity contribution in [2.24, 2.45) is 0 Å². The minimum atomic E-state index is 0. The molecule has 3 aromatic heterocycles. The molecule has 3 heterocycles. The minimum Gasteiger partial charge on any atom is -0.358 e. The predicted octanol–water partition coefficient (Wildman–Crippen LogP) is 16.3. The van der Waals surface area contributed by atoms with Crippen LogP contribution < -0.4 is 0 Å². The molecule has 1 radical (unpaired) electrons. The van der Waals surface area contributed by atoms with Crippen molar-refractivity contribution in [1.29, 1.82) is 0 Å². The minimum absolute atomic E-state index is 0. The molecular weight excluding hydrogens is 991 g/mol. The van der Waals surface area contributed by atoms with Gasteiger partial charge < -0.3 is 22.4 Å². The van der Waals surface area contributed by atoms with Gasteiger partial charge in [0.05, 0.1) is 0 Å². The zero-order chi connectivity index (χ0) is 45.0. The normalized spacial score (nSPS) is 10.2. The van der Waals surface area contributed by atoms with Crippen molar-refractivity contribution in [3.05, 3.63) is 266 Å². The summed E-state index contributed by atoms with van der Waals surface area (Å²) in [7, 11) is 0. The van der Waals surface area contributed by atoms with Crippen LogP contribution in [0.25, 0.3) is 78.3 Å². The van der Waals surface area contributed by atoms with Crippen molar-refractivity contribution < 1.29 is 20.1 Å². The van der Waals surface area contributed by atoms with Crippen LogP contribution in [0.2, 0.25) is 0 Å². The Labute approximate surface area is 411 Å². The predicted molar refractivity (Wildman–Crippen MR) is 277 cm³/mol. The van der Waals surface area contributed by atoms with Gasteiger partial charge in [-0.05, 0) is 89.3 Å². The molecule has 0 saturated carbocycles. The third kappa shape index (κ3) is 12.7. The topological polar surface area (TPSA) is 38.7 Å². The Morgan fingerprint density at radius 2 is 0.896 bits per heavy atom. The maximum atomic E-state index is 4.60. The summed E-state index contributed by atoms with van der Waals surface area (Å²) in [4.78, 5) is 13.6. The van der Waals surface area contributed by atoms with Gasteiger partial charge in [-0.2, -0.15) is 0 Å². The van der Waals surface area contributed by atoms with E-state index in [-0.39, 0.29) is 27.5 Å². The molecule has 10 rings (SSSR count). The Morgan fingerprint density at radius 3 is 1.49 bits per heavy atom. The number of benzene rings is 7. The van der Waals surface area contributed by atoms with Crippen LogP contribution in [-0.2, 0) is 20.1 Å². The first-order valence-electron chi connectivity index (χ1n) is 21.9. The fourth-order valence-corrected chi connectivity index (χ4v) is 7.65. The van der Waals surface area contributed by atoms with Crippen molar-refractivity contribution in [1.82, 2.24) is 15.0 Å².